The molecule has 0 heterocycles. The van der Waals surface area contributed by atoms with Gasteiger partial charge in [-0.25, -0.2) is 0 Å². The predicted molar refractivity (Wildman–Crippen MR) is 63.9 cm³/mol. The summed E-state index contributed by atoms with van der Waals surface area (Å²) in [4.78, 5) is -0.0972. The second-order valence-electron chi connectivity index (χ2n) is 3.21. The van der Waals surface area contributed by atoms with E-state index in [2.05, 4.69) is 0 Å². The van der Waals surface area contributed by atoms with Crippen LogP contribution in [0, 0.1) is 0 Å². The van der Waals surface area contributed by atoms with Crippen LogP contribution in [-0.2, 0) is 10.1 Å². The van der Waals surface area contributed by atoms with Gasteiger partial charge in [0.2, 0.25) is 0 Å². The SMILES string of the molecule is Nc1ccc2c(S(=O)(=O)O)cccc2c1.[Na]. The van der Waals surface area contributed by atoms with Gasteiger partial charge in [0.05, 0.1) is 0 Å². The van der Waals surface area contributed by atoms with Crippen LogP contribution in [0.1, 0.15) is 0 Å². The quantitative estimate of drug-likeness (QED) is 0.451. The van der Waals surface area contributed by atoms with Crippen molar-refractivity contribution in [3.8, 4) is 0 Å². The summed E-state index contributed by atoms with van der Waals surface area (Å²) in [5.74, 6) is 0. The first-order valence-corrected chi connectivity index (χ1v) is 5.68. The third kappa shape index (κ3) is 2.56. The van der Waals surface area contributed by atoms with Gasteiger partial charge in [-0.05, 0) is 23.6 Å². The second kappa shape index (κ2) is 4.73. The van der Waals surface area contributed by atoms with Crippen LogP contribution in [0.25, 0.3) is 10.8 Å². The molecular formula is C10H9NNaO3S. The maximum Gasteiger partial charge on any atom is 0.295 e. The van der Waals surface area contributed by atoms with E-state index in [9.17, 15) is 8.42 Å². The fourth-order valence-corrected chi connectivity index (χ4v) is 2.21. The van der Waals surface area contributed by atoms with Gasteiger partial charge in [0, 0.05) is 40.6 Å². The number of hydrogen-bond acceptors (Lipinski definition) is 3. The molecule has 0 aromatic heterocycles. The number of hydrogen-bond donors (Lipinski definition) is 2. The van der Waals surface area contributed by atoms with Gasteiger partial charge >= 0.3 is 0 Å². The Morgan fingerprint density at radius 2 is 1.81 bits per heavy atom. The Bertz CT molecular complexity index is 625. The minimum atomic E-state index is -4.18. The zero-order valence-corrected chi connectivity index (χ0v) is 11.5. The summed E-state index contributed by atoms with van der Waals surface area (Å²) in [5, 5.41) is 1.15. The first-order valence-electron chi connectivity index (χ1n) is 4.24. The minimum Gasteiger partial charge on any atom is -0.399 e. The van der Waals surface area contributed by atoms with Crippen molar-refractivity contribution in [2.45, 2.75) is 4.90 Å². The summed E-state index contributed by atoms with van der Waals surface area (Å²) >= 11 is 0. The van der Waals surface area contributed by atoms with E-state index in [0.29, 0.717) is 16.5 Å². The summed E-state index contributed by atoms with van der Waals surface area (Å²) in [6, 6.07) is 9.48. The van der Waals surface area contributed by atoms with Gasteiger partial charge in [-0.15, -0.1) is 0 Å². The van der Waals surface area contributed by atoms with Crippen molar-refractivity contribution in [2.24, 2.45) is 0 Å². The summed E-state index contributed by atoms with van der Waals surface area (Å²) in [5.41, 5.74) is 6.12. The molecule has 3 N–H and O–H groups in total. The summed E-state index contributed by atoms with van der Waals surface area (Å²) in [6.07, 6.45) is 0. The van der Waals surface area contributed by atoms with E-state index in [1.54, 1.807) is 30.3 Å². The van der Waals surface area contributed by atoms with Crippen LogP contribution in [0.3, 0.4) is 0 Å². The number of benzene rings is 2. The molecule has 0 atom stereocenters. The Balaban J connectivity index is 0.00000128. The van der Waals surface area contributed by atoms with E-state index in [0.717, 1.165) is 0 Å². The van der Waals surface area contributed by atoms with Crippen molar-refractivity contribution in [3.05, 3.63) is 36.4 Å². The predicted octanol–water partition coefficient (Wildman–Crippen LogP) is 1.29. The average Bonchev–Trinajstić information content (AvgIpc) is 2.15. The van der Waals surface area contributed by atoms with Crippen LogP contribution < -0.4 is 5.73 Å². The second-order valence-corrected chi connectivity index (χ2v) is 4.60. The molecule has 0 bridgehead atoms. The number of rotatable bonds is 1. The molecule has 0 aliphatic rings. The van der Waals surface area contributed by atoms with Crippen LogP contribution in [0.4, 0.5) is 5.69 Å². The summed E-state index contributed by atoms with van der Waals surface area (Å²) in [6.45, 7) is 0. The fraction of sp³-hybridized carbons (Fsp3) is 0. The Kier molecular flexibility index (Phi) is 3.98. The molecule has 0 spiro atoms. The zero-order valence-electron chi connectivity index (χ0n) is 8.71. The summed E-state index contributed by atoms with van der Waals surface area (Å²) in [7, 11) is -4.18. The third-order valence-corrected chi connectivity index (χ3v) is 3.05. The number of anilines is 1. The molecule has 2 aromatic carbocycles. The maximum atomic E-state index is 11.1. The molecule has 0 saturated heterocycles. The van der Waals surface area contributed by atoms with Crippen LogP contribution in [0.2, 0.25) is 0 Å². The van der Waals surface area contributed by atoms with E-state index in [4.69, 9.17) is 10.3 Å². The normalized spacial score (nSPS) is 11.1. The third-order valence-electron chi connectivity index (χ3n) is 2.14. The molecule has 1 radical (unpaired) electrons. The molecule has 4 nitrogen and oxygen atoms in total. The molecule has 16 heavy (non-hydrogen) atoms. The van der Waals surface area contributed by atoms with Crippen LogP contribution in [-0.4, -0.2) is 42.5 Å². The largest absolute Gasteiger partial charge is 0.399 e. The molecule has 0 amide bonds. The maximum absolute atomic E-state index is 11.1. The van der Waals surface area contributed by atoms with E-state index in [-0.39, 0.29) is 34.5 Å². The van der Waals surface area contributed by atoms with Crippen LogP contribution >= 0.6 is 0 Å². The monoisotopic (exact) mass is 246 g/mol. The first kappa shape index (κ1) is 13.5. The van der Waals surface area contributed by atoms with E-state index in [1.807, 2.05) is 0 Å². The molecule has 0 aliphatic heterocycles. The van der Waals surface area contributed by atoms with E-state index >= 15 is 0 Å². The van der Waals surface area contributed by atoms with Gasteiger partial charge in [-0.1, -0.05) is 18.2 Å². The van der Waals surface area contributed by atoms with Gasteiger partial charge in [-0.3, -0.25) is 4.55 Å². The molecular weight excluding hydrogens is 237 g/mol. The topological polar surface area (TPSA) is 80.4 Å². The van der Waals surface area contributed by atoms with Crippen molar-refractivity contribution in [3.63, 3.8) is 0 Å². The van der Waals surface area contributed by atoms with Crippen LogP contribution in [0.5, 0.6) is 0 Å². The molecule has 0 fully saturated rings. The molecule has 0 aliphatic carbocycles. The van der Waals surface area contributed by atoms with Crippen molar-refractivity contribution in [1.29, 1.82) is 0 Å². The average molecular weight is 246 g/mol. The molecule has 2 aromatic rings. The Hall–Kier alpha value is -0.590. The van der Waals surface area contributed by atoms with Crippen molar-refractivity contribution in [2.75, 3.05) is 5.73 Å². The minimum absolute atomic E-state index is 0. The molecule has 2 rings (SSSR count). The summed E-state index contributed by atoms with van der Waals surface area (Å²) < 4.78 is 31.1. The Labute approximate surface area is 115 Å². The molecule has 79 valence electrons. The molecule has 0 saturated carbocycles. The zero-order chi connectivity index (χ0) is 11.1. The van der Waals surface area contributed by atoms with Crippen molar-refractivity contribution in [1.82, 2.24) is 0 Å². The Morgan fingerprint density at radius 1 is 1.12 bits per heavy atom. The smallest absolute Gasteiger partial charge is 0.295 e. The van der Waals surface area contributed by atoms with Gasteiger partial charge in [0.1, 0.15) is 4.90 Å². The fourth-order valence-electron chi connectivity index (χ4n) is 1.50. The van der Waals surface area contributed by atoms with E-state index in [1.165, 1.54) is 6.07 Å². The van der Waals surface area contributed by atoms with Gasteiger partial charge in [0.25, 0.3) is 10.1 Å². The van der Waals surface area contributed by atoms with Crippen LogP contribution in [0.15, 0.2) is 41.3 Å². The van der Waals surface area contributed by atoms with Gasteiger partial charge < -0.3 is 5.73 Å². The number of fused-ring (bicyclic) bond motifs is 1. The number of nitrogens with two attached hydrogens (primary N) is 1. The van der Waals surface area contributed by atoms with E-state index < -0.39 is 10.1 Å². The van der Waals surface area contributed by atoms with Gasteiger partial charge in [-0.2, -0.15) is 8.42 Å². The van der Waals surface area contributed by atoms with Crippen molar-refractivity contribution >= 4 is 56.1 Å². The van der Waals surface area contributed by atoms with Gasteiger partial charge in [0.15, 0.2) is 0 Å². The number of nitrogen functional groups attached to an aromatic ring is 1. The standard InChI is InChI=1S/C10H9NO3S.Na/c11-8-4-5-9-7(6-8)2-1-3-10(9)15(12,13)14;/h1-6H,11H2,(H,12,13,14);. The molecule has 0 unspecified atom stereocenters. The molecule has 6 heteroatoms. The first-order chi connectivity index (χ1) is 6.98. The Morgan fingerprint density at radius 3 is 2.44 bits per heavy atom. The van der Waals surface area contributed by atoms with Crippen molar-refractivity contribution < 1.29 is 13.0 Å².